The Hall–Kier alpha value is -2.89. The number of pyridine rings is 1. The molecule has 0 saturated carbocycles. The van der Waals surface area contributed by atoms with Gasteiger partial charge in [-0.2, -0.15) is 0 Å². The minimum Gasteiger partial charge on any atom is -0.497 e. The predicted molar refractivity (Wildman–Crippen MR) is 108 cm³/mol. The quantitative estimate of drug-likeness (QED) is 0.660. The molecule has 28 heavy (non-hydrogen) atoms. The van der Waals surface area contributed by atoms with Gasteiger partial charge < -0.3 is 14.2 Å². The van der Waals surface area contributed by atoms with Crippen molar-refractivity contribution in [3.05, 3.63) is 54.0 Å². The predicted octanol–water partition coefficient (Wildman–Crippen LogP) is 3.41. The van der Waals surface area contributed by atoms with E-state index >= 15 is 0 Å². The highest BCUT2D eigenvalue weighted by molar-refractivity contribution is 5.79. The zero-order chi connectivity index (χ0) is 19.5. The Bertz CT molecular complexity index is 982. The summed E-state index contributed by atoms with van der Waals surface area (Å²) < 4.78 is 7.49. The lowest BCUT2D eigenvalue weighted by Gasteiger charge is -2.17. The van der Waals surface area contributed by atoms with Gasteiger partial charge in [0, 0.05) is 31.7 Å². The lowest BCUT2D eigenvalue weighted by Crippen LogP contribution is -2.30. The topological polar surface area (TPSA) is 60.2 Å². The maximum Gasteiger partial charge on any atom is 0.227 e. The monoisotopic (exact) mass is 378 g/mol. The van der Waals surface area contributed by atoms with Crippen LogP contribution in [0.1, 0.15) is 37.1 Å². The Kier molecular flexibility index (Phi) is 5.28. The summed E-state index contributed by atoms with van der Waals surface area (Å²) in [4.78, 5) is 24.2. The Morgan fingerprint density at radius 2 is 2.18 bits per heavy atom. The molecule has 1 aromatic carbocycles. The molecule has 0 bridgehead atoms. The summed E-state index contributed by atoms with van der Waals surface area (Å²) >= 11 is 0. The number of fused-ring (bicyclic) bond motifs is 1. The van der Waals surface area contributed by atoms with Crippen LogP contribution in [0, 0.1) is 0 Å². The van der Waals surface area contributed by atoms with Crippen molar-refractivity contribution in [1.82, 2.24) is 19.4 Å². The van der Waals surface area contributed by atoms with Crippen LogP contribution in [0.2, 0.25) is 0 Å². The standard InChI is InChI=1S/C22H26N4O2/c1-3-11-26-21(24-19-8-5-10-23-22(19)26)17-9-12-25(15-17)20(27)14-16-6-4-7-18(13-16)28-2/h4-8,10,13,17H,3,9,11-12,14-15H2,1-2H3/t17-/m0/s1. The minimum absolute atomic E-state index is 0.159. The number of aromatic nitrogens is 3. The molecule has 1 aliphatic heterocycles. The van der Waals surface area contributed by atoms with Gasteiger partial charge in [-0.25, -0.2) is 9.97 Å². The van der Waals surface area contributed by atoms with Crippen LogP contribution in [0.4, 0.5) is 0 Å². The first kappa shape index (κ1) is 18.5. The Labute approximate surface area is 165 Å². The van der Waals surface area contributed by atoms with Crippen molar-refractivity contribution in [3.8, 4) is 5.75 Å². The SMILES string of the molecule is CCCn1c([C@H]2CCN(C(=O)Cc3cccc(OC)c3)C2)nc2cccnc21. The molecule has 2 aromatic heterocycles. The van der Waals surface area contributed by atoms with Crippen molar-refractivity contribution >= 4 is 17.1 Å². The molecule has 0 spiro atoms. The van der Waals surface area contributed by atoms with Crippen LogP contribution >= 0.6 is 0 Å². The smallest absolute Gasteiger partial charge is 0.227 e. The molecule has 6 nitrogen and oxygen atoms in total. The summed E-state index contributed by atoms with van der Waals surface area (Å²) in [6.45, 7) is 4.56. The number of amides is 1. The molecule has 0 aliphatic carbocycles. The van der Waals surface area contributed by atoms with Crippen LogP contribution in [0.15, 0.2) is 42.6 Å². The van der Waals surface area contributed by atoms with Gasteiger partial charge in [-0.3, -0.25) is 4.79 Å². The summed E-state index contributed by atoms with van der Waals surface area (Å²) in [5.74, 6) is 2.26. The maximum atomic E-state index is 12.8. The molecule has 0 radical (unpaired) electrons. The zero-order valence-electron chi connectivity index (χ0n) is 16.5. The van der Waals surface area contributed by atoms with E-state index in [1.54, 1.807) is 7.11 Å². The molecule has 0 N–H and O–H groups in total. The normalized spacial score (nSPS) is 16.6. The van der Waals surface area contributed by atoms with Crippen molar-refractivity contribution in [2.24, 2.45) is 0 Å². The largest absolute Gasteiger partial charge is 0.497 e. The summed E-state index contributed by atoms with van der Waals surface area (Å²) in [6, 6.07) is 11.7. The molecule has 0 unspecified atom stereocenters. The fraction of sp³-hybridized carbons (Fsp3) is 0.409. The van der Waals surface area contributed by atoms with Crippen molar-refractivity contribution in [2.45, 2.75) is 38.6 Å². The summed E-state index contributed by atoms with van der Waals surface area (Å²) in [5.41, 5.74) is 2.86. The molecule has 1 atom stereocenters. The van der Waals surface area contributed by atoms with E-state index in [2.05, 4.69) is 16.5 Å². The second-order valence-corrected chi connectivity index (χ2v) is 7.32. The zero-order valence-corrected chi connectivity index (χ0v) is 16.5. The molecule has 4 rings (SSSR count). The molecule has 1 aliphatic rings. The van der Waals surface area contributed by atoms with Crippen LogP contribution in [-0.4, -0.2) is 45.5 Å². The Morgan fingerprint density at radius 3 is 3.00 bits per heavy atom. The maximum absolute atomic E-state index is 12.8. The first-order valence-electron chi connectivity index (χ1n) is 9.91. The molecule has 1 fully saturated rings. The number of methoxy groups -OCH3 is 1. The first-order valence-corrected chi connectivity index (χ1v) is 9.91. The van der Waals surface area contributed by atoms with Gasteiger partial charge in [-0.1, -0.05) is 19.1 Å². The minimum atomic E-state index is 0.159. The summed E-state index contributed by atoms with van der Waals surface area (Å²) in [5, 5.41) is 0. The van der Waals surface area contributed by atoms with Crippen molar-refractivity contribution < 1.29 is 9.53 Å². The first-order chi connectivity index (χ1) is 13.7. The van der Waals surface area contributed by atoms with E-state index in [-0.39, 0.29) is 11.8 Å². The van der Waals surface area contributed by atoms with E-state index in [4.69, 9.17) is 9.72 Å². The highest BCUT2D eigenvalue weighted by Crippen LogP contribution is 2.29. The fourth-order valence-corrected chi connectivity index (χ4v) is 4.00. The highest BCUT2D eigenvalue weighted by Gasteiger charge is 2.31. The number of imidazole rings is 1. The van der Waals surface area contributed by atoms with Gasteiger partial charge in [0.25, 0.3) is 0 Å². The number of aryl methyl sites for hydroxylation is 1. The molecule has 1 amide bonds. The number of nitrogens with zero attached hydrogens (tertiary/aromatic N) is 4. The number of benzene rings is 1. The summed E-state index contributed by atoms with van der Waals surface area (Å²) in [7, 11) is 1.64. The molecule has 3 heterocycles. The van der Waals surface area contributed by atoms with Gasteiger partial charge in [0.1, 0.15) is 17.1 Å². The van der Waals surface area contributed by atoms with Crippen molar-refractivity contribution in [2.75, 3.05) is 20.2 Å². The molecule has 146 valence electrons. The van der Waals surface area contributed by atoms with Gasteiger partial charge in [-0.15, -0.1) is 0 Å². The molecule has 1 saturated heterocycles. The van der Waals surface area contributed by atoms with Crippen LogP contribution in [0.25, 0.3) is 11.2 Å². The number of hydrogen-bond acceptors (Lipinski definition) is 4. The Balaban J connectivity index is 1.50. The summed E-state index contributed by atoms with van der Waals surface area (Å²) in [6.07, 6.45) is 4.19. The number of likely N-dealkylation sites (tertiary alicyclic amines) is 1. The van der Waals surface area contributed by atoms with Crippen LogP contribution in [-0.2, 0) is 17.8 Å². The third kappa shape index (κ3) is 3.59. The molecular weight excluding hydrogens is 352 g/mol. The van der Waals surface area contributed by atoms with Gasteiger partial charge in [0.2, 0.25) is 5.91 Å². The van der Waals surface area contributed by atoms with Gasteiger partial charge in [0.15, 0.2) is 5.65 Å². The van der Waals surface area contributed by atoms with E-state index in [1.165, 1.54) is 0 Å². The lowest BCUT2D eigenvalue weighted by molar-refractivity contribution is -0.129. The average Bonchev–Trinajstić information content (AvgIpc) is 3.34. The van der Waals surface area contributed by atoms with Crippen molar-refractivity contribution in [3.63, 3.8) is 0 Å². The highest BCUT2D eigenvalue weighted by atomic mass is 16.5. The number of hydrogen-bond donors (Lipinski definition) is 0. The lowest BCUT2D eigenvalue weighted by atomic mass is 10.1. The van der Waals surface area contributed by atoms with Gasteiger partial charge >= 0.3 is 0 Å². The van der Waals surface area contributed by atoms with Crippen LogP contribution in [0.5, 0.6) is 5.75 Å². The van der Waals surface area contributed by atoms with E-state index in [9.17, 15) is 4.79 Å². The second-order valence-electron chi connectivity index (χ2n) is 7.32. The van der Waals surface area contributed by atoms with Crippen molar-refractivity contribution in [1.29, 1.82) is 0 Å². The average molecular weight is 378 g/mol. The number of ether oxygens (including phenoxy) is 1. The molecular formula is C22H26N4O2. The fourth-order valence-electron chi connectivity index (χ4n) is 4.00. The van der Waals surface area contributed by atoms with Crippen LogP contribution < -0.4 is 4.74 Å². The van der Waals surface area contributed by atoms with E-state index < -0.39 is 0 Å². The third-order valence-electron chi connectivity index (χ3n) is 5.38. The van der Waals surface area contributed by atoms with E-state index in [0.29, 0.717) is 6.42 Å². The van der Waals surface area contributed by atoms with E-state index in [0.717, 1.165) is 60.8 Å². The number of carbonyl (C=O) groups is 1. The molecule has 6 heteroatoms. The van der Waals surface area contributed by atoms with Gasteiger partial charge in [-0.05, 0) is 42.7 Å². The Morgan fingerprint density at radius 1 is 1.29 bits per heavy atom. The number of carbonyl (C=O) groups excluding carboxylic acids is 1. The van der Waals surface area contributed by atoms with E-state index in [1.807, 2.05) is 47.5 Å². The number of rotatable bonds is 6. The van der Waals surface area contributed by atoms with Gasteiger partial charge in [0.05, 0.1) is 13.5 Å². The second kappa shape index (κ2) is 8.00. The molecule has 3 aromatic rings. The third-order valence-corrected chi connectivity index (χ3v) is 5.38. The van der Waals surface area contributed by atoms with Crippen LogP contribution in [0.3, 0.4) is 0 Å².